The van der Waals surface area contributed by atoms with Crippen LogP contribution in [0.3, 0.4) is 0 Å². The minimum Gasteiger partial charge on any atom is -0.322 e. The predicted octanol–water partition coefficient (Wildman–Crippen LogP) is 3.39. The lowest BCUT2D eigenvalue weighted by Crippen LogP contribution is -2.52. The van der Waals surface area contributed by atoms with E-state index in [0.717, 1.165) is 17.0 Å². The number of ketones is 1. The number of piperidine rings is 1. The van der Waals surface area contributed by atoms with Crippen LogP contribution < -0.4 is 5.32 Å². The lowest BCUT2D eigenvalue weighted by molar-refractivity contribution is -0.144. The Morgan fingerprint density at radius 3 is 2.59 bits per heavy atom. The third-order valence-electron chi connectivity index (χ3n) is 5.60. The molecule has 0 spiro atoms. The summed E-state index contributed by atoms with van der Waals surface area (Å²) in [6.45, 7) is -1.18. The summed E-state index contributed by atoms with van der Waals surface area (Å²) in [5.41, 5.74) is 0.645. The van der Waals surface area contributed by atoms with Crippen molar-refractivity contribution in [3.05, 3.63) is 69.7 Å². The number of carbonyl (C=O) groups excluding carboxylic acids is 4. The van der Waals surface area contributed by atoms with Gasteiger partial charge in [0.05, 0.1) is 1.37 Å². The molecule has 0 aromatic heterocycles. The number of halogens is 3. The third-order valence-corrected chi connectivity index (χ3v) is 5.85. The number of benzene rings is 2. The zero-order chi connectivity index (χ0) is 23.9. The molecular formula is C23H19ClF2N2O4. The van der Waals surface area contributed by atoms with E-state index in [9.17, 15) is 28.0 Å². The summed E-state index contributed by atoms with van der Waals surface area (Å²) in [7, 11) is 0. The quantitative estimate of drug-likeness (QED) is 0.668. The fourth-order valence-electron chi connectivity index (χ4n) is 3.83. The molecule has 0 radical (unpaired) electrons. The number of aryl methyl sites for hydroxylation is 1. The van der Waals surface area contributed by atoms with E-state index < -0.39 is 54.0 Å². The number of amides is 3. The van der Waals surface area contributed by atoms with Gasteiger partial charge in [0.25, 0.3) is 5.91 Å². The second-order valence-electron chi connectivity index (χ2n) is 7.73. The van der Waals surface area contributed by atoms with Gasteiger partial charge in [-0.3, -0.25) is 24.5 Å². The van der Waals surface area contributed by atoms with Gasteiger partial charge in [-0.2, -0.15) is 8.78 Å². The summed E-state index contributed by atoms with van der Waals surface area (Å²) in [6.07, 6.45) is -0.254. The SMILES string of the molecule is [2H]C1c2cc(CCC(=O)C(F)(F)c3ccc(Cl)cc3)ccc2C(=O)N1C1CCC(=O)NC1=O. The number of nitrogens with one attached hydrogen (secondary N) is 1. The number of fused-ring (bicyclic) bond motifs is 1. The van der Waals surface area contributed by atoms with Crippen molar-refractivity contribution in [2.45, 2.75) is 44.2 Å². The Bertz CT molecular complexity index is 1160. The normalized spacial score (nSPS) is 21.3. The average molecular weight is 462 g/mol. The van der Waals surface area contributed by atoms with Gasteiger partial charge >= 0.3 is 5.92 Å². The summed E-state index contributed by atoms with van der Waals surface area (Å²) < 4.78 is 37.5. The number of rotatable bonds is 6. The molecule has 2 atom stereocenters. The highest BCUT2D eigenvalue weighted by Crippen LogP contribution is 2.32. The van der Waals surface area contributed by atoms with Crippen molar-refractivity contribution in [3.8, 4) is 0 Å². The molecule has 2 aliphatic rings. The van der Waals surface area contributed by atoms with Gasteiger partial charge in [0.2, 0.25) is 17.6 Å². The van der Waals surface area contributed by atoms with E-state index in [0.29, 0.717) is 11.1 Å². The topological polar surface area (TPSA) is 83.6 Å². The second-order valence-corrected chi connectivity index (χ2v) is 8.17. The molecule has 1 fully saturated rings. The minimum absolute atomic E-state index is 0.00534. The maximum atomic E-state index is 14.5. The average Bonchev–Trinajstić information content (AvgIpc) is 3.02. The van der Waals surface area contributed by atoms with Gasteiger partial charge < -0.3 is 4.90 Å². The molecule has 3 amide bonds. The summed E-state index contributed by atoms with van der Waals surface area (Å²) in [4.78, 5) is 49.7. The highest BCUT2D eigenvalue weighted by molar-refractivity contribution is 6.30. The monoisotopic (exact) mass is 461 g/mol. The molecule has 0 bridgehead atoms. The van der Waals surface area contributed by atoms with Crippen LogP contribution in [0, 0.1) is 0 Å². The Kier molecular flexibility index (Phi) is 5.46. The number of imide groups is 1. The van der Waals surface area contributed by atoms with Crippen molar-refractivity contribution in [1.82, 2.24) is 10.2 Å². The summed E-state index contributed by atoms with van der Waals surface area (Å²) >= 11 is 5.72. The molecule has 2 aromatic carbocycles. The van der Waals surface area contributed by atoms with Crippen LogP contribution in [-0.2, 0) is 33.2 Å². The zero-order valence-electron chi connectivity index (χ0n) is 17.7. The first-order valence-electron chi connectivity index (χ1n) is 10.6. The first kappa shape index (κ1) is 20.8. The van der Waals surface area contributed by atoms with Crippen LogP contribution >= 0.6 is 11.6 Å². The lowest BCUT2D eigenvalue weighted by atomic mass is 9.97. The highest BCUT2D eigenvalue weighted by Gasteiger charge is 2.41. The number of alkyl halides is 2. The molecule has 1 N–H and O–H groups in total. The molecule has 2 aliphatic heterocycles. The van der Waals surface area contributed by atoms with Crippen molar-refractivity contribution in [1.29, 1.82) is 0 Å². The summed E-state index contributed by atoms with van der Waals surface area (Å²) in [5, 5.41) is 2.46. The highest BCUT2D eigenvalue weighted by atomic mass is 35.5. The lowest BCUT2D eigenvalue weighted by Gasteiger charge is -2.29. The Morgan fingerprint density at radius 2 is 1.91 bits per heavy atom. The van der Waals surface area contributed by atoms with Crippen LogP contribution in [0.5, 0.6) is 0 Å². The Hall–Kier alpha value is -3.13. The van der Waals surface area contributed by atoms with Crippen LogP contribution in [0.25, 0.3) is 0 Å². The number of carbonyl (C=O) groups is 4. The van der Waals surface area contributed by atoms with Gasteiger partial charge in [-0.1, -0.05) is 35.9 Å². The van der Waals surface area contributed by atoms with Crippen LogP contribution in [0.2, 0.25) is 5.02 Å². The molecule has 6 nitrogen and oxygen atoms in total. The molecule has 4 rings (SSSR count). The zero-order valence-corrected chi connectivity index (χ0v) is 17.5. The summed E-state index contributed by atoms with van der Waals surface area (Å²) in [6, 6.07) is 8.41. The Morgan fingerprint density at radius 1 is 1.19 bits per heavy atom. The third kappa shape index (κ3) is 4.14. The van der Waals surface area contributed by atoms with E-state index in [1.54, 1.807) is 6.07 Å². The maximum absolute atomic E-state index is 14.5. The van der Waals surface area contributed by atoms with Crippen LogP contribution in [0.15, 0.2) is 42.5 Å². The molecular weight excluding hydrogens is 442 g/mol. The van der Waals surface area contributed by atoms with Gasteiger partial charge in [0.15, 0.2) is 0 Å². The van der Waals surface area contributed by atoms with E-state index in [1.165, 1.54) is 24.3 Å². The van der Waals surface area contributed by atoms with E-state index >= 15 is 0 Å². The van der Waals surface area contributed by atoms with E-state index in [4.69, 9.17) is 13.0 Å². The smallest absolute Gasteiger partial charge is 0.322 e. The predicted molar refractivity (Wildman–Crippen MR) is 111 cm³/mol. The standard InChI is InChI=1S/C23H19ClF2N2O4/c24-16-5-3-15(4-6-16)23(25,26)19(29)9-2-13-1-7-17-14(11-13)12-28(22(17)32)18-8-10-20(30)27-21(18)31/h1,3-7,11,18H,2,8-10,12H2,(H,27,30,31)/i12D. The van der Waals surface area contributed by atoms with Crippen LogP contribution in [0.4, 0.5) is 8.78 Å². The number of hydrogen-bond acceptors (Lipinski definition) is 4. The fraction of sp³-hybridized carbons (Fsp3) is 0.304. The van der Waals surface area contributed by atoms with Crippen molar-refractivity contribution in [3.63, 3.8) is 0 Å². The molecule has 1 saturated heterocycles. The van der Waals surface area contributed by atoms with Gasteiger partial charge in [-0.15, -0.1) is 0 Å². The van der Waals surface area contributed by atoms with Crippen molar-refractivity contribution >= 4 is 35.1 Å². The second kappa shape index (κ2) is 8.43. The molecule has 166 valence electrons. The number of nitrogens with zero attached hydrogens (tertiary/aromatic N) is 1. The van der Waals surface area contributed by atoms with Crippen molar-refractivity contribution in [2.24, 2.45) is 0 Å². The molecule has 2 unspecified atom stereocenters. The van der Waals surface area contributed by atoms with Gasteiger partial charge in [0.1, 0.15) is 6.04 Å². The molecule has 2 heterocycles. The van der Waals surface area contributed by atoms with Gasteiger partial charge in [-0.25, -0.2) is 0 Å². The fourth-order valence-corrected chi connectivity index (χ4v) is 3.96. The largest absolute Gasteiger partial charge is 0.330 e. The minimum atomic E-state index is -3.67. The molecule has 0 aliphatic carbocycles. The first-order valence-corrected chi connectivity index (χ1v) is 10.4. The van der Waals surface area contributed by atoms with Crippen LogP contribution in [0.1, 0.15) is 47.7 Å². The van der Waals surface area contributed by atoms with E-state index in [2.05, 4.69) is 5.32 Å². The molecule has 32 heavy (non-hydrogen) atoms. The maximum Gasteiger partial charge on any atom is 0.330 e. The number of Topliss-reactive ketones (excluding diaryl/α,β-unsaturated/α-hetero) is 1. The molecule has 2 aromatic rings. The summed E-state index contributed by atoms with van der Waals surface area (Å²) in [5.74, 6) is -6.48. The van der Waals surface area contributed by atoms with E-state index in [-0.39, 0.29) is 29.8 Å². The van der Waals surface area contributed by atoms with Crippen molar-refractivity contribution in [2.75, 3.05) is 0 Å². The van der Waals surface area contributed by atoms with Gasteiger partial charge in [-0.05, 0) is 42.2 Å². The van der Waals surface area contributed by atoms with Gasteiger partial charge in [0, 0.05) is 35.5 Å². The van der Waals surface area contributed by atoms with E-state index in [1.807, 2.05) is 0 Å². The van der Waals surface area contributed by atoms with Crippen molar-refractivity contribution < 1.29 is 29.3 Å². The number of hydrogen-bond donors (Lipinski definition) is 1. The molecule has 0 saturated carbocycles. The Balaban J connectivity index is 1.47. The first-order chi connectivity index (χ1) is 15.6. The Labute approximate surface area is 188 Å². The molecule has 9 heteroatoms. The van der Waals surface area contributed by atoms with Crippen LogP contribution in [-0.4, -0.2) is 34.4 Å².